The SMILES string of the molecule is CC(C)NCc1cn(Cc2c(F)cccc2F)nn1. The summed E-state index contributed by atoms with van der Waals surface area (Å²) in [5, 5.41) is 11.0. The summed E-state index contributed by atoms with van der Waals surface area (Å²) in [6.45, 7) is 4.67. The van der Waals surface area contributed by atoms with Gasteiger partial charge in [0, 0.05) is 18.2 Å². The maximum Gasteiger partial charge on any atom is 0.131 e. The standard InChI is InChI=1S/C13H16F2N4/c1-9(2)16-6-10-7-19(18-17-10)8-11-12(14)4-3-5-13(11)15/h3-5,7,9,16H,6,8H2,1-2H3. The molecule has 0 unspecified atom stereocenters. The van der Waals surface area contributed by atoms with Gasteiger partial charge in [0.2, 0.25) is 0 Å². The summed E-state index contributed by atoms with van der Waals surface area (Å²) in [5.74, 6) is -1.14. The van der Waals surface area contributed by atoms with E-state index in [1.54, 1.807) is 6.20 Å². The molecule has 0 amide bonds. The fraction of sp³-hybridized carbons (Fsp3) is 0.385. The highest BCUT2D eigenvalue weighted by Gasteiger charge is 2.10. The Balaban J connectivity index is 2.07. The van der Waals surface area contributed by atoms with Crippen LogP contribution in [0.2, 0.25) is 0 Å². The lowest BCUT2D eigenvalue weighted by molar-refractivity contribution is 0.528. The van der Waals surface area contributed by atoms with E-state index in [4.69, 9.17) is 0 Å². The van der Waals surface area contributed by atoms with Crippen LogP contribution in [-0.2, 0) is 13.1 Å². The highest BCUT2D eigenvalue weighted by molar-refractivity contribution is 5.19. The number of halogens is 2. The van der Waals surface area contributed by atoms with Gasteiger partial charge in [-0.3, -0.25) is 0 Å². The van der Waals surface area contributed by atoms with Gasteiger partial charge in [-0.2, -0.15) is 0 Å². The van der Waals surface area contributed by atoms with Crippen LogP contribution >= 0.6 is 0 Å². The zero-order valence-electron chi connectivity index (χ0n) is 10.9. The third kappa shape index (κ3) is 3.57. The average Bonchev–Trinajstić information content (AvgIpc) is 2.79. The van der Waals surface area contributed by atoms with Gasteiger partial charge in [0.15, 0.2) is 0 Å². The maximum absolute atomic E-state index is 13.5. The van der Waals surface area contributed by atoms with Crippen molar-refractivity contribution in [1.82, 2.24) is 20.3 Å². The second-order valence-corrected chi connectivity index (χ2v) is 4.64. The van der Waals surface area contributed by atoms with Crippen molar-refractivity contribution in [3.8, 4) is 0 Å². The van der Waals surface area contributed by atoms with E-state index in [0.29, 0.717) is 12.6 Å². The van der Waals surface area contributed by atoms with Crippen LogP contribution in [0.25, 0.3) is 0 Å². The van der Waals surface area contributed by atoms with Crippen LogP contribution in [0, 0.1) is 11.6 Å². The molecule has 0 aliphatic rings. The van der Waals surface area contributed by atoms with Gasteiger partial charge >= 0.3 is 0 Å². The van der Waals surface area contributed by atoms with E-state index in [2.05, 4.69) is 15.6 Å². The lowest BCUT2D eigenvalue weighted by Crippen LogP contribution is -2.21. The molecule has 4 nitrogen and oxygen atoms in total. The van der Waals surface area contributed by atoms with Crippen molar-refractivity contribution in [2.24, 2.45) is 0 Å². The highest BCUT2D eigenvalue weighted by Crippen LogP contribution is 2.13. The number of hydrogen-bond donors (Lipinski definition) is 1. The Morgan fingerprint density at radius 2 is 1.95 bits per heavy atom. The van der Waals surface area contributed by atoms with Gasteiger partial charge in [-0.15, -0.1) is 5.10 Å². The molecule has 0 aliphatic carbocycles. The predicted octanol–water partition coefficient (Wildman–Crippen LogP) is 2.10. The smallest absolute Gasteiger partial charge is 0.131 e. The highest BCUT2D eigenvalue weighted by atomic mass is 19.1. The summed E-state index contributed by atoms with van der Waals surface area (Å²) in [6, 6.07) is 4.15. The van der Waals surface area contributed by atoms with E-state index in [-0.39, 0.29) is 12.1 Å². The van der Waals surface area contributed by atoms with E-state index in [1.807, 2.05) is 13.8 Å². The molecular formula is C13H16F2N4. The molecule has 0 atom stereocenters. The average molecular weight is 266 g/mol. The summed E-state index contributed by atoms with van der Waals surface area (Å²) >= 11 is 0. The van der Waals surface area contributed by atoms with Crippen molar-refractivity contribution in [3.05, 3.63) is 47.3 Å². The zero-order chi connectivity index (χ0) is 13.8. The van der Waals surface area contributed by atoms with Gasteiger partial charge in [0.05, 0.1) is 18.4 Å². The summed E-state index contributed by atoms with van der Waals surface area (Å²) in [4.78, 5) is 0. The minimum absolute atomic E-state index is 0.00392. The van der Waals surface area contributed by atoms with Crippen LogP contribution in [0.3, 0.4) is 0 Å². The molecule has 0 saturated heterocycles. The van der Waals surface area contributed by atoms with E-state index in [9.17, 15) is 8.78 Å². The van der Waals surface area contributed by atoms with E-state index in [1.165, 1.54) is 22.9 Å². The molecule has 0 radical (unpaired) electrons. The molecule has 0 spiro atoms. The molecule has 1 aromatic carbocycles. The van der Waals surface area contributed by atoms with Crippen molar-refractivity contribution in [2.45, 2.75) is 33.0 Å². The number of hydrogen-bond acceptors (Lipinski definition) is 3. The Kier molecular flexibility index (Phi) is 4.21. The summed E-state index contributed by atoms with van der Waals surface area (Å²) in [6.07, 6.45) is 1.68. The van der Waals surface area contributed by atoms with Gasteiger partial charge in [-0.25, -0.2) is 13.5 Å². The lowest BCUT2D eigenvalue weighted by Gasteiger charge is -2.05. The predicted molar refractivity (Wildman–Crippen MR) is 67.5 cm³/mol. The van der Waals surface area contributed by atoms with Crippen molar-refractivity contribution in [1.29, 1.82) is 0 Å². The molecule has 1 heterocycles. The summed E-state index contributed by atoms with van der Waals surface area (Å²) < 4.78 is 28.4. The van der Waals surface area contributed by atoms with Crippen LogP contribution in [0.15, 0.2) is 24.4 Å². The van der Waals surface area contributed by atoms with Gasteiger partial charge in [-0.05, 0) is 12.1 Å². The van der Waals surface area contributed by atoms with Gasteiger partial charge in [0.1, 0.15) is 11.6 Å². The molecule has 6 heteroatoms. The normalized spacial score (nSPS) is 11.2. The number of aromatic nitrogens is 3. The van der Waals surface area contributed by atoms with Crippen molar-refractivity contribution < 1.29 is 8.78 Å². The molecule has 102 valence electrons. The first-order valence-electron chi connectivity index (χ1n) is 6.11. The molecule has 1 aromatic heterocycles. The molecule has 2 rings (SSSR count). The van der Waals surface area contributed by atoms with Gasteiger partial charge < -0.3 is 5.32 Å². The Bertz CT molecular complexity index is 531. The monoisotopic (exact) mass is 266 g/mol. The number of nitrogens with one attached hydrogen (secondary N) is 1. The fourth-order valence-electron chi connectivity index (χ4n) is 1.65. The van der Waals surface area contributed by atoms with Crippen LogP contribution in [0.4, 0.5) is 8.78 Å². The number of benzene rings is 1. The minimum atomic E-state index is -0.572. The Labute approximate surface area is 110 Å². The van der Waals surface area contributed by atoms with E-state index < -0.39 is 11.6 Å². The third-order valence-corrected chi connectivity index (χ3v) is 2.66. The quantitative estimate of drug-likeness (QED) is 0.901. The topological polar surface area (TPSA) is 42.7 Å². The second kappa shape index (κ2) is 5.88. The largest absolute Gasteiger partial charge is 0.309 e. The molecule has 2 aromatic rings. The van der Waals surface area contributed by atoms with Crippen molar-refractivity contribution >= 4 is 0 Å². The summed E-state index contributed by atoms with van der Waals surface area (Å²) in [5.41, 5.74) is 0.737. The first-order valence-corrected chi connectivity index (χ1v) is 6.11. The van der Waals surface area contributed by atoms with Crippen LogP contribution in [-0.4, -0.2) is 21.0 Å². The Morgan fingerprint density at radius 3 is 2.58 bits per heavy atom. The second-order valence-electron chi connectivity index (χ2n) is 4.64. The number of rotatable bonds is 5. The number of nitrogens with zero attached hydrogens (tertiary/aromatic N) is 3. The molecule has 0 fully saturated rings. The molecule has 1 N–H and O–H groups in total. The first-order chi connectivity index (χ1) is 9.06. The first kappa shape index (κ1) is 13.6. The Morgan fingerprint density at radius 1 is 1.26 bits per heavy atom. The van der Waals surface area contributed by atoms with Gasteiger partial charge in [0.25, 0.3) is 0 Å². The Hall–Kier alpha value is -1.82. The van der Waals surface area contributed by atoms with Crippen LogP contribution in [0.1, 0.15) is 25.1 Å². The zero-order valence-corrected chi connectivity index (χ0v) is 10.9. The van der Waals surface area contributed by atoms with E-state index in [0.717, 1.165) is 5.69 Å². The van der Waals surface area contributed by atoms with Gasteiger partial charge in [-0.1, -0.05) is 25.1 Å². The minimum Gasteiger partial charge on any atom is -0.309 e. The molecular weight excluding hydrogens is 250 g/mol. The fourth-order valence-corrected chi connectivity index (χ4v) is 1.65. The van der Waals surface area contributed by atoms with E-state index >= 15 is 0 Å². The third-order valence-electron chi connectivity index (χ3n) is 2.66. The molecule has 0 saturated carbocycles. The van der Waals surface area contributed by atoms with Crippen LogP contribution < -0.4 is 5.32 Å². The lowest BCUT2D eigenvalue weighted by atomic mass is 10.2. The van der Waals surface area contributed by atoms with Crippen molar-refractivity contribution in [2.75, 3.05) is 0 Å². The van der Waals surface area contributed by atoms with Crippen molar-refractivity contribution in [3.63, 3.8) is 0 Å². The maximum atomic E-state index is 13.5. The summed E-state index contributed by atoms with van der Waals surface area (Å²) in [7, 11) is 0. The molecule has 0 aliphatic heterocycles. The molecule has 19 heavy (non-hydrogen) atoms. The molecule has 0 bridgehead atoms. The van der Waals surface area contributed by atoms with Crippen LogP contribution in [0.5, 0.6) is 0 Å².